The molecule has 0 spiro atoms. The van der Waals surface area contributed by atoms with Crippen LogP contribution >= 0.6 is 0 Å². The van der Waals surface area contributed by atoms with Crippen LogP contribution in [-0.2, 0) is 9.53 Å². The Hall–Kier alpha value is -2.89. The summed E-state index contributed by atoms with van der Waals surface area (Å²) < 4.78 is 6.90. The van der Waals surface area contributed by atoms with E-state index in [0.717, 1.165) is 22.7 Å². The van der Waals surface area contributed by atoms with Crippen molar-refractivity contribution in [3.8, 4) is 11.4 Å². The number of nitrogens with one attached hydrogen (secondary N) is 1. The number of esters is 1. The molecule has 3 heterocycles. The Morgan fingerprint density at radius 2 is 2.17 bits per heavy atom. The summed E-state index contributed by atoms with van der Waals surface area (Å²) in [6.07, 6.45) is 3.70. The van der Waals surface area contributed by atoms with Gasteiger partial charge in [-0.2, -0.15) is 0 Å². The van der Waals surface area contributed by atoms with E-state index in [2.05, 4.69) is 15.3 Å². The van der Waals surface area contributed by atoms with Crippen LogP contribution in [0.2, 0.25) is 0 Å². The highest BCUT2D eigenvalue weighted by atomic mass is 16.5. The summed E-state index contributed by atoms with van der Waals surface area (Å²) in [5, 5.41) is 3.13. The summed E-state index contributed by atoms with van der Waals surface area (Å²) in [5.41, 5.74) is 3.35. The monoisotopic (exact) mass is 310 g/mol. The van der Waals surface area contributed by atoms with Crippen molar-refractivity contribution in [2.75, 3.05) is 18.5 Å². The average molecular weight is 310 g/mol. The van der Waals surface area contributed by atoms with Gasteiger partial charge in [0.25, 0.3) is 0 Å². The van der Waals surface area contributed by atoms with Gasteiger partial charge >= 0.3 is 5.97 Å². The first-order valence-electron chi connectivity index (χ1n) is 7.48. The Labute approximate surface area is 134 Å². The van der Waals surface area contributed by atoms with Crippen LogP contribution in [0.25, 0.3) is 17.0 Å². The number of hydrogen-bond donors (Lipinski definition) is 1. The SMILES string of the molecule is CCOC(=O)CNc1c(-c2ccccn2)nc2ccc(C)cn12. The van der Waals surface area contributed by atoms with Gasteiger partial charge in [0.15, 0.2) is 0 Å². The van der Waals surface area contributed by atoms with Crippen molar-refractivity contribution in [2.45, 2.75) is 13.8 Å². The van der Waals surface area contributed by atoms with Gasteiger partial charge < -0.3 is 10.1 Å². The third kappa shape index (κ3) is 3.15. The van der Waals surface area contributed by atoms with E-state index in [0.29, 0.717) is 12.3 Å². The van der Waals surface area contributed by atoms with Crippen molar-refractivity contribution < 1.29 is 9.53 Å². The highest BCUT2D eigenvalue weighted by Crippen LogP contribution is 2.27. The van der Waals surface area contributed by atoms with E-state index in [-0.39, 0.29) is 12.5 Å². The molecule has 1 N–H and O–H groups in total. The smallest absolute Gasteiger partial charge is 0.325 e. The summed E-state index contributed by atoms with van der Waals surface area (Å²) in [5.74, 6) is 0.428. The number of imidazole rings is 1. The lowest BCUT2D eigenvalue weighted by Gasteiger charge is -2.08. The molecule has 3 aromatic heterocycles. The second kappa shape index (κ2) is 6.48. The standard InChI is InChI=1S/C17H18N4O2/c1-3-23-15(22)10-19-17-16(13-6-4-5-9-18-13)20-14-8-7-12(2)11-21(14)17/h4-9,11,19H,3,10H2,1-2H3. The van der Waals surface area contributed by atoms with Crippen molar-refractivity contribution in [2.24, 2.45) is 0 Å². The fraction of sp³-hybridized carbons (Fsp3) is 0.235. The summed E-state index contributed by atoms with van der Waals surface area (Å²) in [7, 11) is 0. The van der Waals surface area contributed by atoms with E-state index in [1.165, 1.54) is 0 Å². The molecule has 0 unspecified atom stereocenters. The van der Waals surface area contributed by atoms with Gasteiger partial charge in [0.1, 0.15) is 23.7 Å². The summed E-state index contributed by atoms with van der Waals surface area (Å²) in [4.78, 5) is 20.7. The fourth-order valence-corrected chi connectivity index (χ4v) is 2.37. The first-order valence-corrected chi connectivity index (χ1v) is 7.48. The Balaban J connectivity index is 2.04. The van der Waals surface area contributed by atoms with Crippen molar-refractivity contribution in [3.63, 3.8) is 0 Å². The number of rotatable bonds is 5. The molecule has 0 radical (unpaired) electrons. The van der Waals surface area contributed by atoms with Gasteiger partial charge in [-0.25, -0.2) is 4.98 Å². The Bertz CT molecular complexity index is 827. The van der Waals surface area contributed by atoms with Gasteiger partial charge in [0, 0.05) is 12.4 Å². The molecule has 0 saturated carbocycles. The molecule has 118 valence electrons. The largest absolute Gasteiger partial charge is 0.465 e. The molecule has 0 fully saturated rings. The molecular weight excluding hydrogens is 292 g/mol. The zero-order valence-corrected chi connectivity index (χ0v) is 13.1. The molecule has 0 aromatic carbocycles. The minimum atomic E-state index is -0.304. The van der Waals surface area contributed by atoms with Gasteiger partial charge in [0.05, 0.1) is 12.3 Å². The number of aromatic nitrogens is 3. The van der Waals surface area contributed by atoms with Gasteiger partial charge in [0.2, 0.25) is 0 Å². The van der Waals surface area contributed by atoms with E-state index in [4.69, 9.17) is 4.74 Å². The highest BCUT2D eigenvalue weighted by molar-refractivity contribution is 5.79. The van der Waals surface area contributed by atoms with Crippen LogP contribution in [0.1, 0.15) is 12.5 Å². The minimum absolute atomic E-state index is 0.0788. The van der Waals surface area contributed by atoms with Crippen LogP contribution in [0, 0.1) is 6.92 Å². The van der Waals surface area contributed by atoms with E-state index in [1.54, 1.807) is 13.1 Å². The molecule has 0 aliphatic heterocycles. The molecule has 23 heavy (non-hydrogen) atoms. The van der Waals surface area contributed by atoms with Gasteiger partial charge in [-0.3, -0.25) is 14.2 Å². The number of carbonyl (C=O) groups excluding carboxylic acids is 1. The number of nitrogens with zero attached hydrogens (tertiary/aromatic N) is 3. The maximum absolute atomic E-state index is 11.7. The molecule has 0 aliphatic carbocycles. The average Bonchev–Trinajstić information content (AvgIpc) is 2.92. The van der Waals surface area contributed by atoms with E-state index < -0.39 is 0 Å². The van der Waals surface area contributed by atoms with E-state index in [9.17, 15) is 4.79 Å². The second-order valence-electron chi connectivity index (χ2n) is 5.12. The maximum atomic E-state index is 11.7. The molecule has 3 rings (SSSR count). The van der Waals surface area contributed by atoms with Crippen molar-refractivity contribution in [1.82, 2.24) is 14.4 Å². The lowest BCUT2D eigenvalue weighted by atomic mass is 10.2. The van der Waals surface area contributed by atoms with E-state index in [1.807, 2.05) is 47.9 Å². The van der Waals surface area contributed by atoms with Gasteiger partial charge in [-0.15, -0.1) is 0 Å². The number of pyridine rings is 2. The highest BCUT2D eigenvalue weighted by Gasteiger charge is 2.16. The van der Waals surface area contributed by atoms with Crippen LogP contribution in [0.5, 0.6) is 0 Å². The maximum Gasteiger partial charge on any atom is 0.325 e. The number of hydrogen-bond acceptors (Lipinski definition) is 5. The third-order valence-corrected chi connectivity index (χ3v) is 3.38. The second-order valence-corrected chi connectivity index (χ2v) is 5.12. The zero-order chi connectivity index (χ0) is 16.2. The van der Waals surface area contributed by atoms with Crippen molar-refractivity contribution in [1.29, 1.82) is 0 Å². The first-order chi connectivity index (χ1) is 11.2. The number of ether oxygens (including phenoxy) is 1. The number of aryl methyl sites for hydroxylation is 1. The number of fused-ring (bicyclic) bond motifs is 1. The quantitative estimate of drug-likeness (QED) is 0.734. The Kier molecular flexibility index (Phi) is 4.23. The molecule has 0 bridgehead atoms. The molecule has 0 saturated heterocycles. The van der Waals surface area contributed by atoms with Gasteiger partial charge in [-0.1, -0.05) is 12.1 Å². The normalized spacial score (nSPS) is 10.7. The molecule has 3 aromatic rings. The molecular formula is C17H18N4O2. The van der Waals surface area contributed by atoms with Crippen LogP contribution in [0.3, 0.4) is 0 Å². The van der Waals surface area contributed by atoms with Crippen molar-refractivity contribution >= 4 is 17.4 Å². The van der Waals surface area contributed by atoms with Crippen LogP contribution in [0.4, 0.5) is 5.82 Å². The number of carbonyl (C=O) groups is 1. The lowest BCUT2D eigenvalue weighted by molar-refractivity contribution is -0.140. The fourth-order valence-electron chi connectivity index (χ4n) is 2.37. The van der Waals surface area contributed by atoms with Crippen LogP contribution in [-0.4, -0.2) is 33.5 Å². The predicted molar refractivity (Wildman–Crippen MR) is 88.3 cm³/mol. The molecule has 0 aliphatic rings. The Morgan fingerprint density at radius 1 is 1.30 bits per heavy atom. The zero-order valence-electron chi connectivity index (χ0n) is 13.1. The minimum Gasteiger partial charge on any atom is -0.465 e. The molecule has 0 amide bonds. The lowest BCUT2D eigenvalue weighted by Crippen LogP contribution is -2.18. The predicted octanol–water partition coefficient (Wildman–Crippen LogP) is 2.68. The summed E-state index contributed by atoms with van der Waals surface area (Å²) in [6.45, 7) is 4.24. The van der Waals surface area contributed by atoms with Gasteiger partial charge in [-0.05, 0) is 37.6 Å². The van der Waals surface area contributed by atoms with E-state index >= 15 is 0 Å². The summed E-state index contributed by atoms with van der Waals surface area (Å²) in [6, 6.07) is 9.60. The topological polar surface area (TPSA) is 68.5 Å². The van der Waals surface area contributed by atoms with Crippen LogP contribution < -0.4 is 5.32 Å². The van der Waals surface area contributed by atoms with Crippen molar-refractivity contribution in [3.05, 3.63) is 48.3 Å². The first kappa shape index (κ1) is 15.0. The Morgan fingerprint density at radius 3 is 2.91 bits per heavy atom. The summed E-state index contributed by atoms with van der Waals surface area (Å²) >= 11 is 0. The molecule has 6 heteroatoms. The molecule has 6 nitrogen and oxygen atoms in total. The third-order valence-electron chi connectivity index (χ3n) is 3.38. The molecule has 0 atom stereocenters. The number of anilines is 1. The van der Waals surface area contributed by atoms with Crippen LogP contribution in [0.15, 0.2) is 42.7 Å².